The summed E-state index contributed by atoms with van der Waals surface area (Å²) in [5.74, 6) is 0.405. The Morgan fingerprint density at radius 1 is 1.46 bits per heavy atom. The highest BCUT2D eigenvalue weighted by molar-refractivity contribution is 5.41. The van der Waals surface area contributed by atoms with Crippen molar-refractivity contribution >= 4 is 0 Å². The number of rotatable bonds is 2. The van der Waals surface area contributed by atoms with Crippen LogP contribution in [0.5, 0.6) is 5.75 Å². The second-order valence-electron chi connectivity index (χ2n) is 3.08. The Kier molecular flexibility index (Phi) is 2.88. The average molecular weight is 183 g/mol. The molecule has 3 heteroatoms. The van der Waals surface area contributed by atoms with E-state index in [1.54, 1.807) is 27.0 Å². The minimum Gasteiger partial charge on any atom is -0.496 e. The van der Waals surface area contributed by atoms with Crippen LogP contribution in [0.4, 0.5) is 4.39 Å². The molecule has 0 aliphatic heterocycles. The van der Waals surface area contributed by atoms with Gasteiger partial charge in [-0.05, 0) is 31.5 Å². The molecule has 1 unspecified atom stereocenters. The molecule has 1 atom stereocenters. The summed E-state index contributed by atoms with van der Waals surface area (Å²) in [7, 11) is 1.56. The van der Waals surface area contributed by atoms with Crippen LogP contribution in [0.25, 0.3) is 0 Å². The fraction of sp³-hybridized carbons (Fsp3) is 0.400. The van der Waals surface area contributed by atoms with E-state index in [2.05, 4.69) is 0 Å². The second-order valence-corrected chi connectivity index (χ2v) is 3.08. The van der Waals surface area contributed by atoms with Gasteiger partial charge in [0.25, 0.3) is 0 Å². The summed E-state index contributed by atoms with van der Waals surface area (Å²) >= 11 is 0. The standard InChI is InChI=1S/C10H14FNO/c1-6-9(13-3)5-4-8(11)10(6)7(2)12/h4-5,7H,12H2,1-3H3. The molecule has 0 radical (unpaired) electrons. The van der Waals surface area contributed by atoms with Crippen molar-refractivity contribution in [3.63, 3.8) is 0 Å². The maximum Gasteiger partial charge on any atom is 0.128 e. The van der Waals surface area contributed by atoms with E-state index in [-0.39, 0.29) is 11.9 Å². The maximum atomic E-state index is 13.3. The minimum absolute atomic E-state index is 0.270. The number of hydrogen-bond acceptors (Lipinski definition) is 2. The van der Waals surface area contributed by atoms with Gasteiger partial charge in [-0.15, -0.1) is 0 Å². The Balaban J connectivity index is 3.30. The van der Waals surface area contributed by atoms with Crippen molar-refractivity contribution in [1.29, 1.82) is 0 Å². The molecular formula is C10H14FNO. The Labute approximate surface area is 77.5 Å². The smallest absolute Gasteiger partial charge is 0.128 e. The van der Waals surface area contributed by atoms with Crippen molar-refractivity contribution in [2.24, 2.45) is 5.73 Å². The normalized spacial score (nSPS) is 12.7. The quantitative estimate of drug-likeness (QED) is 0.762. The lowest BCUT2D eigenvalue weighted by Crippen LogP contribution is -2.10. The van der Waals surface area contributed by atoms with Crippen molar-refractivity contribution in [2.75, 3.05) is 7.11 Å². The van der Waals surface area contributed by atoms with Crippen LogP contribution in [0.3, 0.4) is 0 Å². The molecule has 0 saturated carbocycles. The van der Waals surface area contributed by atoms with Crippen LogP contribution in [0.2, 0.25) is 0 Å². The number of ether oxygens (including phenoxy) is 1. The van der Waals surface area contributed by atoms with Gasteiger partial charge in [0, 0.05) is 11.6 Å². The fourth-order valence-corrected chi connectivity index (χ4v) is 1.46. The van der Waals surface area contributed by atoms with Gasteiger partial charge in [-0.3, -0.25) is 0 Å². The van der Waals surface area contributed by atoms with Gasteiger partial charge in [0.05, 0.1) is 7.11 Å². The van der Waals surface area contributed by atoms with Crippen LogP contribution in [0.1, 0.15) is 24.1 Å². The largest absolute Gasteiger partial charge is 0.496 e. The molecule has 0 aliphatic carbocycles. The van der Waals surface area contributed by atoms with Gasteiger partial charge in [0.2, 0.25) is 0 Å². The summed E-state index contributed by atoms with van der Waals surface area (Å²) in [6, 6.07) is 2.68. The first-order valence-corrected chi connectivity index (χ1v) is 4.16. The third-order valence-electron chi connectivity index (χ3n) is 2.09. The number of benzene rings is 1. The van der Waals surface area contributed by atoms with Crippen molar-refractivity contribution in [3.05, 3.63) is 29.1 Å². The van der Waals surface area contributed by atoms with E-state index in [0.29, 0.717) is 11.3 Å². The van der Waals surface area contributed by atoms with E-state index in [1.165, 1.54) is 6.07 Å². The summed E-state index contributed by atoms with van der Waals surface area (Å²) in [6.45, 7) is 3.56. The molecule has 0 saturated heterocycles. The minimum atomic E-state index is -0.310. The molecule has 2 nitrogen and oxygen atoms in total. The van der Waals surface area contributed by atoms with Gasteiger partial charge >= 0.3 is 0 Å². The lowest BCUT2D eigenvalue weighted by atomic mass is 10.0. The SMILES string of the molecule is COc1ccc(F)c(C(C)N)c1C. The zero-order chi connectivity index (χ0) is 10.0. The van der Waals surface area contributed by atoms with E-state index >= 15 is 0 Å². The molecule has 0 fully saturated rings. The highest BCUT2D eigenvalue weighted by atomic mass is 19.1. The van der Waals surface area contributed by atoms with Gasteiger partial charge in [-0.1, -0.05) is 0 Å². The molecule has 72 valence electrons. The van der Waals surface area contributed by atoms with Gasteiger partial charge < -0.3 is 10.5 Å². The van der Waals surface area contributed by atoms with E-state index in [9.17, 15) is 4.39 Å². The third-order valence-corrected chi connectivity index (χ3v) is 2.09. The van der Waals surface area contributed by atoms with Crippen LogP contribution in [0, 0.1) is 12.7 Å². The van der Waals surface area contributed by atoms with Gasteiger partial charge in [-0.25, -0.2) is 4.39 Å². The lowest BCUT2D eigenvalue weighted by Gasteiger charge is -2.13. The van der Waals surface area contributed by atoms with Crippen molar-refractivity contribution < 1.29 is 9.13 Å². The van der Waals surface area contributed by atoms with Crippen LogP contribution >= 0.6 is 0 Å². The van der Waals surface area contributed by atoms with E-state index in [4.69, 9.17) is 10.5 Å². The van der Waals surface area contributed by atoms with Gasteiger partial charge in [0.15, 0.2) is 0 Å². The molecular weight excluding hydrogens is 169 g/mol. The maximum absolute atomic E-state index is 13.3. The van der Waals surface area contributed by atoms with Gasteiger partial charge in [-0.2, -0.15) is 0 Å². The molecule has 0 aromatic heterocycles. The molecule has 1 aromatic carbocycles. The number of nitrogens with two attached hydrogens (primary N) is 1. The fourth-order valence-electron chi connectivity index (χ4n) is 1.46. The predicted molar refractivity (Wildman–Crippen MR) is 50.3 cm³/mol. The highest BCUT2D eigenvalue weighted by Gasteiger charge is 2.13. The Morgan fingerprint density at radius 2 is 2.08 bits per heavy atom. The molecule has 2 N–H and O–H groups in total. The molecule has 13 heavy (non-hydrogen) atoms. The summed E-state index contributed by atoms with van der Waals surface area (Å²) < 4.78 is 18.4. The van der Waals surface area contributed by atoms with Crippen molar-refractivity contribution in [1.82, 2.24) is 0 Å². The Hall–Kier alpha value is -1.09. The highest BCUT2D eigenvalue weighted by Crippen LogP contribution is 2.27. The number of halogens is 1. The zero-order valence-corrected chi connectivity index (χ0v) is 8.10. The Bertz CT molecular complexity index is 310. The molecule has 1 aromatic rings. The molecule has 0 amide bonds. The second kappa shape index (κ2) is 3.75. The lowest BCUT2D eigenvalue weighted by molar-refractivity contribution is 0.408. The molecule has 1 rings (SSSR count). The van der Waals surface area contributed by atoms with Crippen LogP contribution in [-0.4, -0.2) is 7.11 Å². The summed E-state index contributed by atoms with van der Waals surface area (Å²) in [6.07, 6.45) is 0. The first kappa shape index (κ1) is 9.99. The molecule has 0 aliphatic rings. The molecule has 0 heterocycles. The van der Waals surface area contributed by atoms with E-state index < -0.39 is 0 Å². The monoisotopic (exact) mass is 183 g/mol. The topological polar surface area (TPSA) is 35.2 Å². The molecule has 0 bridgehead atoms. The van der Waals surface area contributed by atoms with Crippen molar-refractivity contribution in [2.45, 2.75) is 19.9 Å². The first-order chi connectivity index (χ1) is 6.07. The Morgan fingerprint density at radius 3 is 2.54 bits per heavy atom. The number of hydrogen-bond donors (Lipinski definition) is 1. The van der Waals surface area contributed by atoms with Gasteiger partial charge in [0.1, 0.15) is 11.6 Å². The van der Waals surface area contributed by atoms with E-state index in [1.807, 2.05) is 0 Å². The first-order valence-electron chi connectivity index (χ1n) is 4.16. The third kappa shape index (κ3) is 1.80. The predicted octanol–water partition coefficient (Wildman–Crippen LogP) is 2.16. The van der Waals surface area contributed by atoms with E-state index in [0.717, 1.165) is 5.56 Å². The number of methoxy groups -OCH3 is 1. The van der Waals surface area contributed by atoms with Crippen LogP contribution in [-0.2, 0) is 0 Å². The summed E-state index contributed by atoms with van der Waals surface area (Å²) in [4.78, 5) is 0. The van der Waals surface area contributed by atoms with Crippen LogP contribution in [0.15, 0.2) is 12.1 Å². The summed E-state index contributed by atoms with van der Waals surface area (Å²) in [5.41, 5.74) is 6.95. The molecule has 0 spiro atoms. The van der Waals surface area contributed by atoms with Crippen molar-refractivity contribution in [3.8, 4) is 5.75 Å². The average Bonchev–Trinajstić information content (AvgIpc) is 2.04. The summed E-state index contributed by atoms with van der Waals surface area (Å²) in [5, 5.41) is 0. The van der Waals surface area contributed by atoms with Crippen LogP contribution < -0.4 is 10.5 Å². The zero-order valence-electron chi connectivity index (χ0n) is 8.10.